The molecule has 0 aromatic carbocycles. The predicted octanol–water partition coefficient (Wildman–Crippen LogP) is 1.60. The summed E-state index contributed by atoms with van der Waals surface area (Å²) >= 11 is 6.06. The number of carbonyl (C=O) groups excluding carboxylic acids is 2. The van der Waals surface area contributed by atoms with Crippen LogP contribution in [0.3, 0.4) is 0 Å². The van der Waals surface area contributed by atoms with Crippen LogP contribution in [-0.2, 0) is 4.79 Å². The molecule has 0 spiro atoms. The van der Waals surface area contributed by atoms with Crippen LogP contribution >= 0.6 is 24.4 Å². The Bertz CT molecular complexity index is 336. The number of carbonyl (C=O) groups is 2. The van der Waals surface area contributed by atoms with Gasteiger partial charge < -0.3 is 10.6 Å². The van der Waals surface area contributed by atoms with Gasteiger partial charge >= 0.3 is 6.03 Å². The molecule has 0 saturated carbocycles. The Morgan fingerprint density at radius 3 is 3.00 bits per heavy atom. The molecule has 4 unspecified atom stereocenters. The third-order valence-corrected chi connectivity index (χ3v) is 5.36. The van der Waals surface area contributed by atoms with E-state index in [1.54, 1.807) is 0 Å². The third kappa shape index (κ3) is 3.35. The van der Waals surface area contributed by atoms with E-state index in [2.05, 4.69) is 23.3 Å². The van der Waals surface area contributed by atoms with Crippen LogP contribution in [0.1, 0.15) is 32.6 Å². The van der Waals surface area contributed by atoms with Crippen molar-refractivity contribution in [1.29, 1.82) is 0 Å². The number of urea groups is 1. The second-order valence-corrected chi connectivity index (χ2v) is 7.06. The van der Waals surface area contributed by atoms with Crippen LogP contribution in [0.5, 0.6) is 0 Å². The second-order valence-electron chi connectivity index (χ2n) is 5.01. The van der Waals surface area contributed by atoms with Crippen LogP contribution in [0.2, 0.25) is 0 Å². The number of amides is 2. The van der Waals surface area contributed by atoms with Crippen molar-refractivity contribution in [3.05, 3.63) is 0 Å². The molecule has 18 heavy (non-hydrogen) atoms. The molecule has 2 N–H and O–H groups in total. The van der Waals surface area contributed by atoms with E-state index in [-0.39, 0.29) is 23.1 Å². The topological polar surface area (TPSA) is 58.2 Å². The fourth-order valence-electron chi connectivity index (χ4n) is 2.50. The Labute approximate surface area is 117 Å². The van der Waals surface area contributed by atoms with Crippen molar-refractivity contribution < 1.29 is 9.59 Å². The van der Waals surface area contributed by atoms with Crippen LogP contribution in [0, 0.1) is 0 Å². The van der Waals surface area contributed by atoms with E-state index in [0.717, 1.165) is 25.0 Å². The van der Waals surface area contributed by atoms with Gasteiger partial charge in [0, 0.05) is 17.4 Å². The molecule has 2 aliphatic rings. The van der Waals surface area contributed by atoms with Crippen molar-refractivity contribution in [2.24, 2.45) is 0 Å². The molecule has 2 heterocycles. The minimum atomic E-state index is -0.145. The van der Waals surface area contributed by atoms with Gasteiger partial charge in [-0.1, -0.05) is 6.42 Å². The summed E-state index contributed by atoms with van der Waals surface area (Å²) in [5.74, 6) is 1.23. The molecular weight excluding hydrogens is 268 g/mol. The lowest BCUT2D eigenvalue weighted by atomic mass is 10.0. The van der Waals surface area contributed by atoms with E-state index in [4.69, 9.17) is 0 Å². The van der Waals surface area contributed by atoms with Crippen LogP contribution in [0.4, 0.5) is 4.79 Å². The zero-order chi connectivity index (χ0) is 13.1. The van der Waals surface area contributed by atoms with Gasteiger partial charge in [0.1, 0.15) is 5.78 Å². The lowest BCUT2D eigenvalue weighted by molar-refractivity contribution is -0.118. The molecule has 2 saturated heterocycles. The smallest absolute Gasteiger partial charge is 0.315 e. The molecule has 0 aromatic heterocycles. The third-order valence-electron chi connectivity index (χ3n) is 3.57. The van der Waals surface area contributed by atoms with Gasteiger partial charge in [-0.05, 0) is 19.8 Å². The van der Waals surface area contributed by atoms with Crippen molar-refractivity contribution >= 4 is 36.2 Å². The van der Waals surface area contributed by atoms with E-state index in [9.17, 15) is 9.59 Å². The van der Waals surface area contributed by atoms with E-state index >= 15 is 0 Å². The van der Waals surface area contributed by atoms with Gasteiger partial charge in [-0.25, -0.2) is 4.79 Å². The number of nitrogens with one attached hydrogen (secondary N) is 2. The van der Waals surface area contributed by atoms with Crippen LogP contribution < -0.4 is 10.6 Å². The molecule has 2 rings (SSSR count). The summed E-state index contributed by atoms with van der Waals surface area (Å²) in [6, 6.07) is 0.544. The molecule has 0 aliphatic carbocycles. The van der Waals surface area contributed by atoms with E-state index in [1.807, 2.05) is 18.7 Å². The number of ketones is 1. The Morgan fingerprint density at radius 2 is 2.28 bits per heavy atom. The maximum absolute atomic E-state index is 11.4. The number of thioether (sulfide) groups is 1. The van der Waals surface area contributed by atoms with Crippen molar-refractivity contribution in [3.63, 3.8) is 0 Å². The SMILES string of the molecule is CC(S)C(=O)CCCCC1SCC2NC(=O)NC21. The highest BCUT2D eigenvalue weighted by Crippen LogP contribution is 2.33. The fraction of sp³-hybridized carbons (Fsp3) is 0.833. The highest BCUT2D eigenvalue weighted by atomic mass is 32.2. The van der Waals surface area contributed by atoms with Crippen LogP contribution in [-0.4, -0.2) is 40.2 Å². The van der Waals surface area contributed by atoms with Gasteiger partial charge in [-0.2, -0.15) is 24.4 Å². The van der Waals surface area contributed by atoms with Gasteiger partial charge in [0.25, 0.3) is 0 Å². The predicted molar refractivity (Wildman–Crippen MR) is 77.4 cm³/mol. The van der Waals surface area contributed by atoms with Gasteiger partial charge in [0.2, 0.25) is 0 Å². The Morgan fingerprint density at radius 1 is 1.50 bits per heavy atom. The fourth-order valence-corrected chi connectivity index (χ4v) is 4.17. The highest BCUT2D eigenvalue weighted by molar-refractivity contribution is 8.00. The summed E-state index contributed by atoms with van der Waals surface area (Å²) in [5.41, 5.74) is 0. The number of thiol groups is 1. The van der Waals surface area contributed by atoms with Crippen LogP contribution in [0.15, 0.2) is 0 Å². The number of hydrogen-bond acceptors (Lipinski definition) is 4. The first-order valence-electron chi connectivity index (χ1n) is 6.47. The zero-order valence-electron chi connectivity index (χ0n) is 10.5. The first-order valence-corrected chi connectivity index (χ1v) is 8.04. The normalized spacial score (nSPS) is 31.7. The molecule has 0 bridgehead atoms. The Balaban J connectivity index is 1.66. The summed E-state index contributed by atoms with van der Waals surface area (Å²) in [5, 5.41) is 6.27. The molecule has 2 aliphatic heterocycles. The number of hydrogen-bond donors (Lipinski definition) is 3. The molecule has 0 radical (unpaired) electrons. The van der Waals surface area contributed by atoms with Gasteiger partial charge in [-0.3, -0.25) is 4.79 Å². The Hall–Kier alpha value is -0.360. The average molecular weight is 288 g/mol. The molecule has 102 valence electrons. The van der Waals surface area contributed by atoms with E-state index in [1.165, 1.54) is 0 Å². The van der Waals surface area contributed by atoms with Crippen molar-refractivity contribution in [2.45, 2.75) is 55.2 Å². The lowest BCUT2D eigenvalue weighted by Crippen LogP contribution is -2.36. The maximum Gasteiger partial charge on any atom is 0.315 e. The second kappa shape index (κ2) is 6.19. The lowest BCUT2D eigenvalue weighted by Gasteiger charge is -2.16. The number of Topliss-reactive ketones (excluding diaryl/α,β-unsaturated/α-hetero) is 1. The van der Waals surface area contributed by atoms with E-state index < -0.39 is 0 Å². The van der Waals surface area contributed by atoms with Gasteiger partial charge in [0.05, 0.1) is 17.3 Å². The first kappa shape index (κ1) is 14.1. The first-order chi connectivity index (χ1) is 8.58. The quantitative estimate of drug-likeness (QED) is 0.395. The molecule has 4 atom stereocenters. The summed E-state index contributed by atoms with van der Waals surface area (Å²) in [7, 11) is 0. The zero-order valence-corrected chi connectivity index (χ0v) is 12.2. The summed E-state index contributed by atoms with van der Waals surface area (Å²) < 4.78 is 0. The largest absolute Gasteiger partial charge is 0.332 e. The highest BCUT2D eigenvalue weighted by Gasteiger charge is 2.42. The molecule has 2 amide bonds. The van der Waals surface area contributed by atoms with Crippen molar-refractivity contribution in [2.75, 3.05) is 5.75 Å². The van der Waals surface area contributed by atoms with Crippen molar-refractivity contribution in [3.8, 4) is 0 Å². The summed E-state index contributed by atoms with van der Waals surface area (Å²) in [4.78, 5) is 22.6. The summed E-state index contributed by atoms with van der Waals surface area (Å²) in [6.45, 7) is 1.82. The number of unbranched alkanes of at least 4 members (excludes halogenated alkanes) is 1. The molecule has 2 fully saturated rings. The van der Waals surface area contributed by atoms with Crippen LogP contribution in [0.25, 0.3) is 0 Å². The molecular formula is C12H20N2O2S2. The van der Waals surface area contributed by atoms with Gasteiger partial charge in [0.15, 0.2) is 0 Å². The maximum atomic E-state index is 11.4. The minimum absolute atomic E-state index is 0.0330. The standard InChI is InChI=1S/C12H20N2O2S2/c1-7(17)9(15)4-2-3-5-10-11-8(6-18-10)13-12(16)14-11/h7-8,10-11,17H,2-6H2,1H3,(H2,13,14,16). The monoisotopic (exact) mass is 288 g/mol. The molecule has 4 nitrogen and oxygen atoms in total. The average Bonchev–Trinajstić information content (AvgIpc) is 2.84. The van der Waals surface area contributed by atoms with Gasteiger partial charge in [-0.15, -0.1) is 0 Å². The minimum Gasteiger partial charge on any atom is -0.332 e. The number of rotatable bonds is 6. The van der Waals surface area contributed by atoms with Crippen molar-refractivity contribution in [1.82, 2.24) is 10.6 Å². The molecule has 0 aromatic rings. The summed E-state index contributed by atoms with van der Waals surface area (Å²) in [6.07, 6.45) is 3.67. The number of fused-ring (bicyclic) bond motifs is 1. The molecule has 6 heteroatoms. The van der Waals surface area contributed by atoms with E-state index in [0.29, 0.717) is 17.7 Å². The Kier molecular flexibility index (Phi) is 4.84.